The van der Waals surface area contributed by atoms with Gasteiger partial charge in [0.1, 0.15) is 5.82 Å². The third-order valence-corrected chi connectivity index (χ3v) is 3.50. The molecule has 1 aliphatic rings. The number of halogens is 1. The predicted molar refractivity (Wildman–Crippen MR) is 71.9 cm³/mol. The third kappa shape index (κ3) is 4.05. The predicted octanol–water partition coefficient (Wildman–Crippen LogP) is 1.51. The SMILES string of the molecule is NC(CCCN1CCNCC1)c1ccc(F)cc1. The zero-order valence-electron chi connectivity index (χ0n) is 10.7. The van der Waals surface area contributed by atoms with Gasteiger partial charge in [-0.05, 0) is 37.1 Å². The Morgan fingerprint density at radius 3 is 2.56 bits per heavy atom. The van der Waals surface area contributed by atoms with E-state index in [9.17, 15) is 4.39 Å². The Morgan fingerprint density at radius 1 is 1.22 bits per heavy atom. The Kier molecular flexibility index (Phi) is 5.11. The molecule has 0 spiro atoms. The molecule has 2 rings (SSSR count). The summed E-state index contributed by atoms with van der Waals surface area (Å²) in [6.07, 6.45) is 2.05. The van der Waals surface area contributed by atoms with Crippen molar-refractivity contribution >= 4 is 0 Å². The molecule has 1 saturated heterocycles. The Balaban J connectivity index is 1.70. The highest BCUT2D eigenvalue weighted by Crippen LogP contribution is 2.16. The van der Waals surface area contributed by atoms with E-state index in [1.807, 2.05) is 0 Å². The fraction of sp³-hybridized carbons (Fsp3) is 0.571. The molecule has 0 amide bonds. The van der Waals surface area contributed by atoms with Crippen molar-refractivity contribution in [3.8, 4) is 0 Å². The van der Waals surface area contributed by atoms with Gasteiger partial charge in [0.15, 0.2) is 0 Å². The average Bonchev–Trinajstić information content (AvgIpc) is 2.40. The van der Waals surface area contributed by atoms with E-state index in [1.165, 1.54) is 12.1 Å². The third-order valence-electron chi connectivity index (χ3n) is 3.50. The van der Waals surface area contributed by atoms with Crippen molar-refractivity contribution in [3.05, 3.63) is 35.6 Å². The number of nitrogens with zero attached hydrogens (tertiary/aromatic N) is 1. The molecule has 0 aliphatic carbocycles. The quantitative estimate of drug-likeness (QED) is 0.833. The van der Waals surface area contributed by atoms with Crippen LogP contribution < -0.4 is 11.1 Å². The van der Waals surface area contributed by atoms with Gasteiger partial charge in [0.25, 0.3) is 0 Å². The Hall–Kier alpha value is -0.970. The van der Waals surface area contributed by atoms with Crippen LogP contribution in [-0.4, -0.2) is 37.6 Å². The van der Waals surface area contributed by atoms with Gasteiger partial charge in [-0.2, -0.15) is 0 Å². The number of rotatable bonds is 5. The molecule has 1 unspecified atom stereocenters. The van der Waals surface area contributed by atoms with Crippen LogP contribution in [0.15, 0.2) is 24.3 Å². The minimum Gasteiger partial charge on any atom is -0.324 e. The van der Waals surface area contributed by atoms with E-state index in [1.54, 1.807) is 12.1 Å². The van der Waals surface area contributed by atoms with Crippen molar-refractivity contribution in [2.24, 2.45) is 5.73 Å². The molecule has 1 heterocycles. The second-order valence-corrected chi connectivity index (χ2v) is 4.89. The van der Waals surface area contributed by atoms with Crippen molar-refractivity contribution in [1.82, 2.24) is 10.2 Å². The average molecular weight is 251 g/mol. The summed E-state index contributed by atoms with van der Waals surface area (Å²) in [7, 11) is 0. The van der Waals surface area contributed by atoms with Crippen LogP contribution in [0.4, 0.5) is 4.39 Å². The van der Waals surface area contributed by atoms with Gasteiger partial charge in [-0.3, -0.25) is 0 Å². The van der Waals surface area contributed by atoms with Crippen LogP contribution >= 0.6 is 0 Å². The largest absolute Gasteiger partial charge is 0.324 e. The zero-order valence-corrected chi connectivity index (χ0v) is 10.7. The maximum Gasteiger partial charge on any atom is 0.123 e. The highest BCUT2D eigenvalue weighted by atomic mass is 19.1. The molecule has 1 aromatic carbocycles. The minimum atomic E-state index is -0.202. The molecule has 0 bridgehead atoms. The van der Waals surface area contributed by atoms with Crippen molar-refractivity contribution in [3.63, 3.8) is 0 Å². The van der Waals surface area contributed by atoms with Gasteiger partial charge in [0, 0.05) is 32.2 Å². The molecule has 1 atom stereocenters. The Labute approximate surface area is 108 Å². The van der Waals surface area contributed by atoms with Crippen LogP contribution in [0.1, 0.15) is 24.4 Å². The summed E-state index contributed by atoms with van der Waals surface area (Å²) < 4.78 is 12.8. The summed E-state index contributed by atoms with van der Waals surface area (Å²) in [5, 5.41) is 3.34. The van der Waals surface area contributed by atoms with Crippen molar-refractivity contribution < 1.29 is 4.39 Å². The first-order valence-electron chi connectivity index (χ1n) is 6.70. The van der Waals surface area contributed by atoms with Gasteiger partial charge in [-0.1, -0.05) is 12.1 Å². The monoisotopic (exact) mass is 251 g/mol. The lowest BCUT2D eigenvalue weighted by Gasteiger charge is -2.27. The second kappa shape index (κ2) is 6.83. The molecule has 0 saturated carbocycles. The summed E-state index contributed by atoms with van der Waals surface area (Å²) in [5.41, 5.74) is 7.13. The van der Waals surface area contributed by atoms with Crippen LogP contribution in [0.3, 0.4) is 0 Å². The number of hydrogen-bond donors (Lipinski definition) is 2. The first kappa shape index (κ1) is 13.5. The van der Waals surface area contributed by atoms with Crippen LogP contribution in [0.2, 0.25) is 0 Å². The number of hydrogen-bond acceptors (Lipinski definition) is 3. The summed E-state index contributed by atoms with van der Waals surface area (Å²) in [6.45, 7) is 5.54. The number of piperazine rings is 1. The van der Waals surface area contributed by atoms with Crippen molar-refractivity contribution in [1.29, 1.82) is 0 Å². The summed E-state index contributed by atoms with van der Waals surface area (Å²) in [5.74, 6) is -0.202. The van der Waals surface area contributed by atoms with Crippen molar-refractivity contribution in [2.45, 2.75) is 18.9 Å². The summed E-state index contributed by atoms with van der Waals surface area (Å²) in [6, 6.07) is 6.54. The normalized spacial score (nSPS) is 18.8. The second-order valence-electron chi connectivity index (χ2n) is 4.89. The summed E-state index contributed by atoms with van der Waals surface area (Å²) in [4.78, 5) is 2.47. The molecule has 3 nitrogen and oxygen atoms in total. The molecule has 3 N–H and O–H groups in total. The van der Waals surface area contributed by atoms with E-state index in [-0.39, 0.29) is 11.9 Å². The molecular formula is C14H22FN3. The van der Waals surface area contributed by atoms with Crippen molar-refractivity contribution in [2.75, 3.05) is 32.7 Å². The van der Waals surface area contributed by atoms with E-state index < -0.39 is 0 Å². The van der Waals surface area contributed by atoms with Crippen LogP contribution in [0.25, 0.3) is 0 Å². The number of benzene rings is 1. The smallest absolute Gasteiger partial charge is 0.123 e. The highest BCUT2D eigenvalue weighted by Gasteiger charge is 2.10. The summed E-state index contributed by atoms with van der Waals surface area (Å²) >= 11 is 0. The maximum absolute atomic E-state index is 12.8. The van der Waals surface area contributed by atoms with Gasteiger partial charge >= 0.3 is 0 Å². The molecule has 4 heteroatoms. The highest BCUT2D eigenvalue weighted by molar-refractivity contribution is 5.19. The first-order chi connectivity index (χ1) is 8.75. The van der Waals surface area contributed by atoms with Crippen LogP contribution in [0, 0.1) is 5.82 Å². The van der Waals surface area contributed by atoms with E-state index in [0.717, 1.165) is 51.1 Å². The fourth-order valence-corrected chi connectivity index (χ4v) is 2.35. The fourth-order valence-electron chi connectivity index (χ4n) is 2.35. The minimum absolute atomic E-state index is 0.0218. The Morgan fingerprint density at radius 2 is 1.89 bits per heavy atom. The molecule has 18 heavy (non-hydrogen) atoms. The molecule has 1 fully saturated rings. The molecule has 1 aliphatic heterocycles. The lowest BCUT2D eigenvalue weighted by atomic mass is 10.0. The van der Waals surface area contributed by atoms with Gasteiger partial charge in [-0.25, -0.2) is 4.39 Å². The first-order valence-corrected chi connectivity index (χ1v) is 6.70. The lowest BCUT2D eigenvalue weighted by Crippen LogP contribution is -2.43. The van der Waals surface area contributed by atoms with E-state index >= 15 is 0 Å². The molecular weight excluding hydrogens is 229 g/mol. The van der Waals surface area contributed by atoms with E-state index in [2.05, 4.69) is 10.2 Å². The number of nitrogens with two attached hydrogens (primary N) is 1. The zero-order chi connectivity index (χ0) is 12.8. The van der Waals surface area contributed by atoms with E-state index in [4.69, 9.17) is 5.73 Å². The molecule has 1 aromatic rings. The van der Waals surface area contributed by atoms with Gasteiger partial charge < -0.3 is 16.0 Å². The lowest BCUT2D eigenvalue weighted by molar-refractivity contribution is 0.235. The van der Waals surface area contributed by atoms with Gasteiger partial charge in [-0.15, -0.1) is 0 Å². The van der Waals surface area contributed by atoms with Crippen LogP contribution in [0.5, 0.6) is 0 Å². The molecule has 100 valence electrons. The maximum atomic E-state index is 12.8. The number of nitrogens with one attached hydrogen (secondary N) is 1. The Bertz CT molecular complexity index is 347. The topological polar surface area (TPSA) is 41.3 Å². The van der Waals surface area contributed by atoms with Gasteiger partial charge in [0.05, 0.1) is 0 Å². The molecule has 0 radical (unpaired) electrons. The van der Waals surface area contributed by atoms with Crippen LogP contribution in [-0.2, 0) is 0 Å². The van der Waals surface area contributed by atoms with E-state index in [0.29, 0.717) is 0 Å². The van der Waals surface area contributed by atoms with Gasteiger partial charge in [0.2, 0.25) is 0 Å². The molecule has 0 aromatic heterocycles. The standard InChI is InChI=1S/C14H22FN3/c15-13-5-3-12(4-6-13)14(16)2-1-9-18-10-7-17-8-11-18/h3-6,14,17H,1-2,7-11,16H2.